The molecule has 0 saturated heterocycles. The van der Waals surface area contributed by atoms with E-state index in [0.717, 1.165) is 0 Å². The second kappa shape index (κ2) is 10.0. The van der Waals surface area contributed by atoms with Gasteiger partial charge in [0.2, 0.25) is 0 Å². The van der Waals surface area contributed by atoms with E-state index in [2.05, 4.69) is 20.6 Å². The standard InChI is InChI=1S/C22H22N4O6S/c1-3-32-17-9-11-18(12-10-17)33(30,31)26-16-7-5-15(6-8-16)20(27)24-25-22(29)19-13-4-14(2)23-21(19)28/h4-13,26H,3H2,1-2H3,(H,23,28)(H,24,27)(H,25,29). The molecule has 3 aromatic rings. The van der Waals surface area contributed by atoms with Crippen LogP contribution in [0.2, 0.25) is 0 Å². The minimum absolute atomic E-state index is 0.0570. The number of aryl methyl sites for hydroxylation is 1. The Kier molecular flexibility index (Phi) is 7.13. The molecule has 1 heterocycles. The van der Waals surface area contributed by atoms with Gasteiger partial charge in [-0.05, 0) is 74.5 Å². The molecule has 33 heavy (non-hydrogen) atoms. The van der Waals surface area contributed by atoms with Crippen molar-refractivity contribution in [3.63, 3.8) is 0 Å². The van der Waals surface area contributed by atoms with Gasteiger partial charge in [0.1, 0.15) is 11.3 Å². The number of rotatable bonds is 7. The Balaban J connectivity index is 1.61. The van der Waals surface area contributed by atoms with E-state index in [0.29, 0.717) is 18.1 Å². The Hall–Kier alpha value is -4.12. The molecule has 0 aliphatic heterocycles. The number of hydrogen-bond donors (Lipinski definition) is 4. The van der Waals surface area contributed by atoms with Crippen molar-refractivity contribution in [2.75, 3.05) is 11.3 Å². The van der Waals surface area contributed by atoms with Crippen molar-refractivity contribution in [3.05, 3.63) is 87.8 Å². The highest BCUT2D eigenvalue weighted by Gasteiger charge is 2.16. The lowest BCUT2D eigenvalue weighted by Crippen LogP contribution is -2.43. The van der Waals surface area contributed by atoms with Crippen LogP contribution in [0.15, 0.2) is 70.4 Å². The third-order valence-electron chi connectivity index (χ3n) is 4.43. The smallest absolute Gasteiger partial charge is 0.275 e. The minimum atomic E-state index is -3.83. The largest absolute Gasteiger partial charge is 0.494 e. The molecule has 10 nitrogen and oxygen atoms in total. The molecular weight excluding hydrogens is 448 g/mol. The van der Waals surface area contributed by atoms with Crippen molar-refractivity contribution in [3.8, 4) is 5.75 Å². The highest BCUT2D eigenvalue weighted by atomic mass is 32.2. The molecular formula is C22H22N4O6S. The first-order valence-corrected chi connectivity index (χ1v) is 11.3. The summed E-state index contributed by atoms with van der Waals surface area (Å²) in [6.45, 7) is 3.97. The fourth-order valence-electron chi connectivity index (χ4n) is 2.79. The van der Waals surface area contributed by atoms with Crippen LogP contribution in [0.5, 0.6) is 5.75 Å². The number of aromatic nitrogens is 1. The zero-order valence-electron chi connectivity index (χ0n) is 17.8. The number of H-pyrrole nitrogens is 1. The number of carbonyl (C=O) groups is 2. The molecule has 0 unspecified atom stereocenters. The fourth-order valence-corrected chi connectivity index (χ4v) is 3.85. The molecule has 0 aliphatic rings. The van der Waals surface area contributed by atoms with E-state index in [1.165, 1.54) is 42.5 Å². The van der Waals surface area contributed by atoms with Gasteiger partial charge in [0.15, 0.2) is 0 Å². The van der Waals surface area contributed by atoms with Crippen molar-refractivity contribution >= 4 is 27.5 Å². The molecule has 0 bridgehead atoms. The lowest BCUT2D eigenvalue weighted by molar-refractivity contribution is 0.0846. The summed E-state index contributed by atoms with van der Waals surface area (Å²) in [4.78, 5) is 38.7. The van der Waals surface area contributed by atoms with Gasteiger partial charge in [-0.15, -0.1) is 0 Å². The summed E-state index contributed by atoms with van der Waals surface area (Å²) < 4.78 is 32.8. The van der Waals surface area contributed by atoms with E-state index in [1.807, 2.05) is 6.92 Å². The number of anilines is 1. The van der Waals surface area contributed by atoms with E-state index >= 15 is 0 Å². The van der Waals surface area contributed by atoms with Crippen LogP contribution >= 0.6 is 0 Å². The van der Waals surface area contributed by atoms with Gasteiger partial charge in [-0.3, -0.25) is 30.0 Å². The van der Waals surface area contributed by atoms with Gasteiger partial charge >= 0.3 is 0 Å². The molecule has 0 spiro atoms. The summed E-state index contributed by atoms with van der Waals surface area (Å²) in [5, 5.41) is 0. The molecule has 0 aliphatic carbocycles. The molecule has 1 aromatic heterocycles. The molecule has 4 N–H and O–H groups in total. The third-order valence-corrected chi connectivity index (χ3v) is 5.83. The highest BCUT2D eigenvalue weighted by molar-refractivity contribution is 7.92. The van der Waals surface area contributed by atoms with E-state index in [9.17, 15) is 22.8 Å². The van der Waals surface area contributed by atoms with Gasteiger partial charge in [0.25, 0.3) is 27.4 Å². The molecule has 172 valence electrons. The zero-order chi connectivity index (χ0) is 24.0. The maximum Gasteiger partial charge on any atom is 0.275 e. The van der Waals surface area contributed by atoms with Crippen LogP contribution in [0, 0.1) is 6.92 Å². The molecule has 0 atom stereocenters. The lowest BCUT2D eigenvalue weighted by Gasteiger charge is -2.10. The van der Waals surface area contributed by atoms with Crippen LogP contribution in [0.25, 0.3) is 0 Å². The Morgan fingerprint density at radius 3 is 2.15 bits per heavy atom. The number of hydrogen-bond acceptors (Lipinski definition) is 6. The first-order valence-electron chi connectivity index (χ1n) is 9.86. The Bertz CT molecular complexity index is 1320. The maximum atomic E-state index is 12.5. The number of aromatic amines is 1. The number of nitrogens with one attached hydrogen (secondary N) is 4. The van der Waals surface area contributed by atoms with Crippen LogP contribution in [-0.4, -0.2) is 31.8 Å². The summed E-state index contributed by atoms with van der Waals surface area (Å²) in [5.74, 6) is -0.858. The van der Waals surface area contributed by atoms with Crippen LogP contribution < -0.4 is 25.9 Å². The van der Waals surface area contributed by atoms with Crippen LogP contribution in [-0.2, 0) is 10.0 Å². The van der Waals surface area contributed by atoms with Gasteiger partial charge in [-0.2, -0.15) is 0 Å². The Labute approximate surface area is 190 Å². The topological polar surface area (TPSA) is 146 Å². The summed E-state index contributed by atoms with van der Waals surface area (Å²) in [6, 6.07) is 14.5. The van der Waals surface area contributed by atoms with Crippen molar-refractivity contribution in [2.24, 2.45) is 0 Å². The van der Waals surface area contributed by atoms with Crippen LogP contribution in [0.4, 0.5) is 5.69 Å². The van der Waals surface area contributed by atoms with Crippen molar-refractivity contribution in [1.82, 2.24) is 15.8 Å². The molecule has 2 amide bonds. The number of benzene rings is 2. The number of hydrazine groups is 1. The van der Waals surface area contributed by atoms with Crippen LogP contribution in [0.3, 0.4) is 0 Å². The second-order valence-electron chi connectivity index (χ2n) is 6.88. The summed E-state index contributed by atoms with van der Waals surface area (Å²) in [6.07, 6.45) is 0. The number of carbonyl (C=O) groups excluding carboxylic acids is 2. The average molecular weight is 471 g/mol. The molecule has 0 radical (unpaired) electrons. The molecule has 0 fully saturated rings. The first-order chi connectivity index (χ1) is 15.7. The van der Waals surface area contributed by atoms with Gasteiger partial charge in [-0.1, -0.05) is 0 Å². The molecule has 11 heteroatoms. The number of sulfonamides is 1. The van der Waals surface area contributed by atoms with E-state index in [1.54, 1.807) is 25.1 Å². The summed E-state index contributed by atoms with van der Waals surface area (Å²) in [5.41, 5.74) is 4.65. The average Bonchev–Trinajstić information content (AvgIpc) is 2.78. The Morgan fingerprint density at radius 2 is 1.55 bits per heavy atom. The van der Waals surface area contributed by atoms with Gasteiger partial charge in [-0.25, -0.2) is 8.42 Å². The molecule has 2 aromatic carbocycles. The molecule has 0 saturated carbocycles. The first kappa shape index (κ1) is 23.5. The fraction of sp³-hybridized carbons (Fsp3) is 0.136. The van der Waals surface area contributed by atoms with Gasteiger partial charge in [0, 0.05) is 16.9 Å². The van der Waals surface area contributed by atoms with E-state index in [4.69, 9.17) is 4.74 Å². The summed E-state index contributed by atoms with van der Waals surface area (Å²) in [7, 11) is -3.83. The highest BCUT2D eigenvalue weighted by Crippen LogP contribution is 2.19. The minimum Gasteiger partial charge on any atom is -0.494 e. The monoisotopic (exact) mass is 470 g/mol. The number of pyridine rings is 1. The predicted molar refractivity (Wildman–Crippen MR) is 122 cm³/mol. The van der Waals surface area contributed by atoms with E-state index in [-0.39, 0.29) is 21.7 Å². The quantitative estimate of drug-likeness (QED) is 0.388. The Morgan fingerprint density at radius 1 is 0.909 bits per heavy atom. The van der Waals surface area contributed by atoms with Gasteiger partial charge in [0.05, 0.1) is 11.5 Å². The normalized spacial score (nSPS) is 10.8. The number of ether oxygens (including phenoxy) is 1. The van der Waals surface area contributed by atoms with E-state index < -0.39 is 27.4 Å². The molecule has 3 rings (SSSR count). The SMILES string of the molecule is CCOc1ccc(S(=O)(=O)Nc2ccc(C(=O)NNC(=O)c3ccc(C)[nH]c3=O)cc2)cc1. The third kappa shape index (κ3) is 5.98. The summed E-state index contributed by atoms with van der Waals surface area (Å²) >= 11 is 0. The van der Waals surface area contributed by atoms with Crippen molar-refractivity contribution in [1.29, 1.82) is 0 Å². The van der Waals surface area contributed by atoms with Crippen molar-refractivity contribution in [2.45, 2.75) is 18.7 Å². The zero-order valence-corrected chi connectivity index (χ0v) is 18.7. The second-order valence-corrected chi connectivity index (χ2v) is 8.56. The van der Waals surface area contributed by atoms with Crippen molar-refractivity contribution < 1.29 is 22.7 Å². The number of amides is 2. The van der Waals surface area contributed by atoms with Gasteiger partial charge < -0.3 is 9.72 Å². The van der Waals surface area contributed by atoms with Crippen LogP contribution in [0.1, 0.15) is 33.3 Å². The maximum absolute atomic E-state index is 12.5. The predicted octanol–water partition coefficient (Wildman–Crippen LogP) is 1.96. The lowest BCUT2D eigenvalue weighted by atomic mass is 10.2.